The summed E-state index contributed by atoms with van der Waals surface area (Å²) in [6.45, 7) is 2.91. The van der Waals surface area contributed by atoms with Gasteiger partial charge in [0.25, 0.3) is 0 Å². The summed E-state index contributed by atoms with van der Waals surface area (Å²) in [5, 5.41) is 9.80. The molecule has 1 N–H and O–H groups in total. The first-order valence-electron chi connectivity index (χ1n) is 9.38. The second kappa shape index (κ2) is 8.76. The van der Waals surface area contributed by atoms with Gasteiger partial charge in [-0.25, -0.2) is 0 Å². The van der Waals surface area contributed by atoms with Crippen LogP contribution in [0.25, 0.3) is 0 Å². The molecule has 1 aliphatic rings. The van der Waals surface area contributed by atoms with Crippen molar-refractivity contribution < 1.29 is 19.4 Å². The van der Waals surface area contributed by atoms with E-state index in [-0.39, 0.29) is 6.04 Å². The van der Waals surface area contributed by atoms with Crippen molar-refractivity contribution in [3.8, 4) is 11.5 Å². The number of carbonyl (C=O) groups is 1. The average molecular weight is 390 g/mol. The third-order valence-corrected chi connectivity index (χ3v) is 6.47. The molecular formula is C21H27NO4S. The molecule has 5 nitrogen and oxygen atoms in total. The molecule has 0 radical (unpaired) electrons. The Morgan fingerprint density at radius 3 is 2.63 bits per heavy atom. The van der Waals surface area contributed by atoms with Crippen LogP contribution in [-0.2, 0) is 11.2 Å². The van der Waals surface area contributed by atoms with Gasteiger partial charge in [0.1, 0.15) is 6.04 Å². The van der Waals surface area contributed by atoms with Crippen LogP contribution in [-0.4, -0.2) is 42.8 Å². The van der Waals surface area contributed by atoms with Gasteiger partial charge in [-0.2, -0.15) is 0 Å². The van der Waals surface area contributed by atoms with Crippen LogP contribution in [0.5, 0.6) is 11.5 Å². The predicted octanol–water partition coefficient (Wildman–Crippen LogP) is 4.36. The first-order chi connectivity index (χ1) is 13.1. The number of nitrogens with zero attached hydrogens (tertiary/aromatic N) is 1. The highest BCUT2D eigenvalue weighted by Gasteiger charge is 2.36. The van der Waals surface area contributed by atoms with Crippen LogP contribution in [0.2, 0.25) is 0 Å². The minimum atomic E-state index is -0.743. The monoisotopic (exact) mass is 389 g/mol. The molecule has 1 saturated heterocycles. The molecule has 2 heterocycles. The number of piperidine rings is 1. The standard InChI is InChI=1S/C21H27NO4S/c1-4-15-9-11-19(27-15)20(22-12-6-5-7-16(22)21(23)24)14-8-10-17(25-2)18(13-14)26-3/h8-11,13,16,20H,4-7,12H2,1-3H3,(H,23,24). The van der Waals surface area contributed by atoms with Gasteiger partial charge in [-0.3, -0.25) is 9.69 Å². The maximum Gasteiger partial charge on any atom is 0.320 e. The summed E-state index contributed by atoms with van der Waals surface area (Å²) in [4.78, 5) is 16.5. The van der Waals surface area contributed by atoms with Gasteiger partial charge in [0.2, 0.25) is 0 Å². The Kier molecular flexibility index (Phi) is 6.39. The molecule has 0 bridgehead atoms. The minimum Gasteiger partial charge on any atom is -0.493 e. The summed E-state index contributed by atoms with van der Waals surface area (Å²) in [5.74, 6) is 0.595. The number of methoxy groups -OCH3 is 2. The molecule has 1 aliphatic heterocycles. The Morgan fingerprint density at radius 1 is 1.22 bits per heavy atom. The Hall–Kier alpha value is -2.05. The van der Waals surface area contributed by atoms with E-state index >= 15 is 0 Å². The van der Waals surface area contributed by atoms with Gasteiger partial charge in [-0.1, -0.05) is 19.4 Å². The summed E-state index contributed by atoms with van der Waals surface area (Å²) in [5.41, 5.74) is 1.03. The Morgan fingerprint density at radius 2 is 2.00 bits per heavy atom. The second-order valence-electron chi connectivity index (χ2n) is 6.76. The lowest BCUT2D eigenvalue weighted by atomic mass is 9.95. The van der Waals surface area contributed by atoms with Crippen molar-refractivity contribution in [1.82, 2.24) is 4.90 Å². The summed E-state index contributed by atoms with van der Waals surface area (Å²) >= 11 is 1.76. The maximum absolute atomic E-state index is 11.9. The SMILES string of the molecule is CCc1ccc(C(c2ccc(OC)c(OC)c2)N2CCCCC2C(=O)O)s1. The fourth-order valence-electron chi connectivity index (χ4n) is 3.80. The molecule has 2 aromatic rings. The largest absolute Gasteiger partial charge is 0.493 e. The van der Waals surface area contributed by atoms with Crippen LogP contribution >= 0.6 is 11.3 Å². The number of carboxylic acids is 1. The van der Waals surface area contributed by atoms with Crippen molar-refractivity contribution in [3.63, 3.8) is 0 Å². The van der Waals surface area contributed by atoms with Crippen molar-refractivity contribution in [2.24, 2.45) is 0 Å². The molecule has 146 valence electrons. The smallest absolute Gasteiger partial charge is 0.320 e. The predicted molar refractivity (Wildman–Crippen MR) is 107 cm³/mol. The van der Waals surface area contributed by atoms with Crippen LogP contribution in [0.1, 0.15) is 47.5 Å². The highest BCUT2D eigenvalue weighted by Crippen LogP contribution is 2.40. The number of rotatable bonds is 7. The van der Waals surface area contributed by atoms with Gasteiger partial charge < -0.3 is 14.6 Å². The van der Waals surface area contributed by atoms with Gasteiger partial charge in [0.05, 0.1) is 20.3 Å². The number of likely N-dealkylation sites (tertiary alicyclic amines) is 1. The maximum atomic E-state index is 11.9. The van der Waals surface area contributed by atoms with E-state index < -0.39 is 12.0 Å². The summed E-state index contributed by atoms with van der Waals surface area (Å²) < 4.78 is 10.9. The molecule has 1 aromatic heterocycles. The zero-order chi connectivity index (χ0) is 19.4. The molecule has 0 amide bonds. The minimum absolute atomic E-state index is 0.100. The van der Waals surface area contributed by atoms with Gasteiger partial charge in [0.15, 0.2) is 11.5 Å². The van der Waals surface area contributed by atoms with E-state index in [2.05, 4.69) is 24.0 Å². The number of carboxylic acid groups (broad SMARTS) is 1. The topological polar surface area (TPSA) is 59.0 Å². The van der Waals surface area contributed by atoms with Crippen molar-refractivity contribution >= 4 is 17.3 Å². The summed E-state index contributed by atoms with van der Waals surface area (Å²) in [6, 6.07) is 9.61. The van der Waals surface area contributed by atoms with E-state index in [0.717, 1.165) is 31.4 Å². The molecule has 3 rings (SSSR count). The van der Waals surface area contributed by atoms with Gasteiger partial charge in [-0.05, 0) is 55.6 Å². The molecule has 6 heteroatoms. The Labute approximate surface area is 164 Å². The third kappa shape index (κ3) is 4.12. The molecular weight excluding hydrogens is 362 g/mol. The highest BCUT2D eigenvalue weighted by molar-refractivity contribution is 7.12. The Bertz CT molecular complexity index is 788. The quantitative estimate of drug-likeness (QED) is 0.763. The average Bonchev–Trinajstić information content (AvgIpc) is 3.17. The van der Waals surface area contributed by atoms with Gasteiger partial charge in [0, 0.05) is 9.75 Å². The van der Waals surface area contributed by atoms with Gasteiger partial charge >= 0.3 is 5.97 Å². The summed E-state index contributed by atoms with van der Waals surface area (Å²) in [6.07, 6.45) is 3.63. The van der Waals surface area contributed by atoms with Crippen LogP contribution in [0.15, 0.2) is 30.3 Å². The van der Waals surface area contributed by atoms with Crippen LogP contribution < -0.4 is 9.47 Å². The lowest BCUT2D eigenvalue weighted by molar-refractivity contribution is -0.145. The summed E-state index contributed by atoms with van der Waals surface area (Å²) in [7, 11) is 3.24. The number of thiophene rings is 1. The fraction of sp³-hybridized carbons (Fsp3) is 0.476. The fourth-order valence-corrected chi connectivity index (χ4v) is 4.90. The van der Waals surface area contributed by atoms with Crippen LogP contribution in [0.4, 0.5) is 0 Å². The zero-order valence-electron chi connectivity index (χ0n) is 16.1. The van der Waals surface area contributed by atoms with E-state index in [0.29, 0.717) is 17.9 Å². The number of ether oxygens (including phenoxy) is 2. The molecule has 2 unspecified atom stereocenters. The van der Waals surface area contributed by atoms with Crippen molar-refractivity contribution in [1.29, 1.82) is 0 Å². The van der Waals surface area contributed by atoms with Gasteiger partial charge in [-0.15, -0.1) is 11.3 Å². The zero-order valence-corrected chi connectivity index (χ0v) is 16.9. The van der Waals surface area contributed by atoms with Crippen molar-refractivity contribution in [3.05, 3.63) is 45.6 Å². The molecule has 1 aromatic carbocycles. The lowest BCUT2D eigenvalue weighted by Gasteiger charge is -2.39. The normalized spacial score (nSPS) is 18.9. The molecule has 27 heavy (non-hydrogen) atoms. The lowest BCUT2D eigenvalue weighted by Crippen LogP contribution is -2.46. The number of aryl methyl sites for hydroxylation is 1. The number of aliphatic carboxylic acids is 1. The molecule has 1 fully saturated rings. The number of benzene rings is 1. The second-order valence-corrected chi connectivity index (χ2v) is 7.96. The molecule has 0 spiro atoms. The van der Waals surface area contributed by atoms with E-state index in [9.17, 15) is 9.90 Å². The van der Waals surface area contributed by atoms with E-state index in [1.807, 2.05) is 18.2 Å². The van der Waals surface area contributed by atoms with Crippen molar-refractivity contribution in [2.45, 2.75) is 44.7 Å². The van der Waals surface area contributed by atoms with E-state index in [1.165, 1.54) is 9.75 Å². The number of hydrogen-bond donors (Lipinski definition) is 1. The first-order valence-corrected chi connectivity index (χ1v) is 10.2. The Balaban J connectivity index is 2.08. The van der Waals surface area contributed by atoms with E-state index in [1.54, 1.807) is 25.6 Å². The van der Waals surface area contributed by atoms with Crippen LogP contribution in [0, 0.1) is 0 Å². The molecule has 2 atom stereocenters. The van der Waals surface area contributed by atoms with Crippen molar-refractivity contribution in [2.75, 3.05) is 20.8 Å². The molecule has 0 saturated carbocycles. The number of hydrogen-bond acceptors (Lipinski definition) is 5. The van der Waals surface area contributed by atoms with E-state index in [4.69, 9.17) is 9.47 Å². The highest BCUT2D eigenvalue weighted by atomic mass is 32.1. The molecule has 0 aliphatic carbocycles. The van der Waals surface area contributed by atoms with Crippen LogP contribution in [0.3, 0.4) is 0 Å². The first kappa shape index (κ1) is 19.7. The third-order valence-electron chi connectivity index (χ3n) is 5.18.